The van der Waals surface area contributed by atoms with Crippen molar-refractivity contribution in [3.8, 4) is 5.75 Å². The van der Waals surface area contributed by atoms with Crippen molar-refractivity contribution in [2.45, 2.75) is 90.9 Å². The van der Waals surface area contributed by atoms with E-state index in [2.05, 4.69) is 38.1 Å². The molecule has 0 heterocycles. The first kappa shape index (κ1) is 19.8. The molecule has 2 aliphatic rings. The Balaban J connectivity index is 1.32. The van der Waals surface area contributed by atoms with E-state index in [4.69, 9.17) is 4.74 Å². The van der Waals surface area contributed by atoms with Crippen LogP contribution in [-0.2, 0) is 0 Å². The van der Waals surface area contributed by atoms with Crippen LogP contribution in [0.4, 0.5) is 0 Å². The molecule has 2 aliphatic carbocycles. The number of ether oxygens (including phenoxy) is 1. The van der Waals surface area contributed by atoms with Crippen molar-refractivity contribution >= 4 is 0 Å². The van der Waals surface area contributed by atoms with Gasteiger partial charge in [0.15, 0.2) is 0 Å². The minimum absolute atomic E-state index is 0.776. The lowest BCUT2D eigenvalue weighted by molar-refractivity contribution is 0.121. The molecule has 1 heteroatoms. The molecule has 3 rings (SSSR count). The summed E-state index contributed by atoms with van der Waals surface area (Å²) in [4.78, 5) is 0. The van der Waals surface area contributed by atoms with Crippen LogP contribution in [0.3, 0.4) is 0 Å². The summed E-state index contributed by atoms with van der Waals surface area (Å²) in [6.45, 7) is 5.36. The Morgan fingerprint density at radius 3 is 1.92 bits per heavy atom. The molecule has 1 nitrogen and oxygen atoms in total. The Morgan fingerprint density at radius 1 is 0.769 bits per heavy atom. The normalized spacial score (nSPS) is 29.5. The number of hydrogen-bond acceptors (Lipinski definition) is 1. The van der Waals surface area contributed by atoms with Crippen molar-refractivity contribution in [3.63, 3.8) is 0 Å². The van der Waals surface area contributed by atoms with E-state index in [1.54, 1.807) is 0 Å². The third-order valence-electron chi connectivity index (χ3n) is 7.17. The molecule has 0 unspecified atom stereocenters. The summed E-state index contributed by atoms with van der Waals surface area (Å²) in [7, 11) is 0. The largest absolute Gasteiger partial charge is 0.493 e. The average molecular weight is 357 g/mol. The smallest absolute Gasteiger partial charge is 0.119 e. The van der Waals surface area contributed by atoms with E-state index >= 15 is 0 Å². The summed E-state index contributed by atoms with van der Waals surface area (Å²) in [5, 5.41) is 0. The monoisotopic (exact) mass is 356 g/mol. The van der Waals surface area contributed by atoms with Crippen LogP contribution in [0.2, 0.25) is 0 Å². The second kappa shape index (κ2) is 10.4. The fraction of sp³-hybridized carbons (Fsp3) is 0.760. The maximum atomic E-state index is 6.04. The Morgan fingerprint density at radius 2 is 1.35 bits per heavy atom. The van der Waals surface area contributed by atoms with Crippen molar-refractivity contribution in [1.29, 1.82) is 0 Å². The van der Waals surface area contributed by atoms with Crippen molar-refractivity contribution in [2.75, 3.05) is 6.61 Å². The second-order valence-electron chi connectivity index (χ2n) is 9.18. The van der Waals surface area contributed by atoms with Crippen LogP contribution in [0.25, 0.3) is 0 Å². The minimum atomic E-state index is 0.776. The van der Waals surface area contributed by atoms with Gasteiger partial charge in [0.05, 0.1) is 6.61 Å². The molecule has 0 atom stereocenters. The second-order valence-corrected chi connectivity index (χ2v) is 9.18. The molecule has 0 saturated heterocycles. The van der Waals surface area contributed by atoms with E-state index in [0.29, 0.717) is 0 Å². The highest BCUT2D eigenvalue weighted by Crippen LogP contribution is 2.42. The van der Waals surface area contributed by atoms with E-state index in [0.717, 1.165) is 36.0 Å². The fourth-order valence-corrected chi connectivity index (χ4v) is 5.31. The topological polar surface area (TPSA) is 9.23 Å². The predicted molar refractivity (Wildman–Crippen MR) is 112 cm³/mol. The zero-order valence-electron chi connectivity index (χ0n) is 17.2. The van der Waals surface area contributed by atoms with Gasteiger partial charge in [0.25, 0.3) is 0 Å². The third-order valence-corrected chi connectivity index (χ3v) is 7.17. The number of unbranched alkanes of at least 4 members (excludes halogenated alkanes) is 2. The maximum Gasteiger partial charge on any atom is 0.119 e. The first-order valence-corrected chi connectivity index (χ1v) is 11.4. The van der Waals surface area contributed by atoms with Gasteiger partial charge >= 0.3 is 0 Å². The van der Waals surface area contributed by atoms with Gasteiger partial charge in [-0.3, -0.25) is 0 Å². The van der Waals surface area contributed by atoms with Gasteiger partial charge in [-0.05, 0) is 81.3 Å². The zero-order chi connectivity index (χ0) is 18.2. The van der Waals surface area contributed by atoms with Gasteiger partial charge in [-0.1, -0.05) is 63.1 Å². The van der Waals surface area contributed by atoms with Crippen LogP contribution < -0.4 is 4.74 Å². The first-order valence-electron chi connectivity index (χ1n) is 11.4. The maximum absolute atomic E-state index is 6.04. The van der Waals surface area contributed by atoms with Crippen LogP contribution in [0, 0.1) is 30.6 Å². The van der Waals surface area contributed by atoms with Crippen LogP contribution in [0.1, 0.15) is 89.5 Å². The van der Waals surface area contributed by atoms with E-state index < -0.39 is 0 Å². The quantitative estimate of drug-likeness (QED) is 0.436. The lowest BCUT2D eigenvalue weighted by atomic mass is 9.69. The highest BCUT2D eigenvalue weighted by Gasteiger charge is 2.30. The van der Waals surface area contributed by atoms with E-state index in [-0.39, 0.29) is 0 Å². The van der Waals surface area contributed by atoms with Crippen LogP contribution in [0.15, 0.2) is 24.3 Å². The molecular formula is C25H40O. The van der Waals surface area contributed by atoms with Crippen molar-refractivity contribution in [1.82, 2.24) is 0 Å². The molecule has 0 spiro atoms. The Bertz CT molecular complexity index is 489. The molecule has 26 heavy (non-hydrogen) atoms. The fourth-order valence-electron chi connectivity index (χ4n) is 5.31. The lowest BCUT2D eigenvalue weighted by Crippen LogP contribution is -2.27. The summed E-state index contributed by atoms with van der Waals surface area (Å²) < 4.78 is 6.04. The molecule has 0 N–H and O–H groups in total. The summed E-state index contributed by atoms with van der Waals surface area (Å²) >= 11 is 0. The Labute approximate surface area is 161 Å². The van der Waals surface area contributed by atoms with E-state index in [1.165, 1.54) is 82.6 Å². The van der Waals surface area contributed by atoms with Gasteiger partial charge in [0.1, 0.15) is 5.75 Å². The molecule has 0 aromatic heterocycles. The molecule has 1 aromatic carbocycles. The summed E-state index contributed by atoms with van der Waals surface area (Å²) in [6.07, 6.45) is 17.5. The SMILES string of the molecule is CCCCCC1CCC(C2CCC(COc3ccc(C)cc3)CC2)CC1. The lowest BCUT2D eigenvalue weighted by Gasteiger charge is -2.38. The average Bonchev–Trinajstić information content (AvgIpc) is 2.69. The number of hydrogen-bond donors (Lipinski definition) is 0. The van der Waals surface area contributed by atoms with E-state index in [9.17, 15) is 0 Å². The number of benzene rings is 1. The summed E-state index contributed by atoms with van der Waals surface area (Å²) in [5.41, 5.74) is 1.30. The van der Waals surface area contributed by atoms with Gasteiger partial charge in [-0.25, -0.2) is 0 Å². The highest BCUT2D eigenvalue weighted by atomic mass is 16.5. The van der Waals surface area contributed by atoms with Gasteiger partial charge in [-0.15, -0.1) is 0 Å². The van der Waals surface area contributed by atoms with Crippen molar-refractivity contribution in [3.05, 3.63) is 29.8 Å². The van der Waals surface area contributed by atoms with Crippen LogP contribution in [-0.4, -0.2) is 6.61 Å². The third kappa shape index (κ3) is 6.03. The summed E-state index contributed by atoms with van der Waals surface area (Å²) in [5.74, 6) is 4.92. The molecule has 0 radical (unpaired) electrons. The molecule has 0 bridgehead atoms. The minimum Gasteiger partial charge on any atom is -0.493 e. The summed E-state index contributed by atoms with van der Waals surface area (Å²) in [6, 6.07) is 8.51. The Kier molecular flexibility index (Phi) is 7.89. The molecule has 0 amide bonds. The van der Waals surface area contributed by atoms with Crippen LogP contribution >= 0.6 is 0 Å². The molecule has 146 valence electrons. The van der Waals surface area contributed by atoms with Crippen molar-refractivity contribution in [2.24, 2.45) is 23.7 Å². The number of rotatable bonds is 8. The van der Waals surface area contributed by atoms with E-state index in [1.807, 2.05) is 0 Å². The van der Waals surface area contributed by atoms with Gasteiger partial charge in [0, 0.05) is 0 Å². The van der Waals surface area contributed by atoms with Gasteiger partial charge < -0.3 is 4.74 Å². The molecule has 1 aromatic rings. The predicted octanol–water partition coefficient (Wildman–Crippen LogP) is 7.57. The van der Waals surface area contributed by atoms with Crippen molar-refractivity contribution < 1.29 is 4.74 Å². The number of aryl methyl sites for hydroxylation is 1. The standard InChI is InChI=1S/C25H40O/c1-3-4-5-6-21-9-13-23(14-10-21)24-15-11-22(12-16-24)19-26-25-17-7-20(2)8-18-25/h7-8,17-18,21-24H,3-6,9-16,19H2,1-2H3. The molecule has 0 aliphatic heterocycles. The zero-order valence-corrected chi connectivity index (χ0v) is 17.2. The van der Waals surface area contributed by atoms with Gasteiger partial charge in [-0.2, -0.15) is 0 Å². The first-order chi connectivity index (χ1) is 12.7. The molecule has 2 saturated carbocycles. The van der Waals surface area contributed by atoms with Gasteiger partial charge in [0.2, 0.25) is 0 Å². The molecular weight excluding hydrogens is 316 g/mol. The highest BCUT2D eigenvalue weighted by molar-refractivity contribution is 5.26. The van der Waals surface area contributed by atoms with Crippen LogP contribution in [0.5, 0.6) is 5.75 Å². The Hall–Kier alpha value is -0.980. The molecule has 2 fully saturated rings.